The van der Waals surface area contributed by atoms with E-state index in [4.69, 9.17) is 0 Å². The highest BCUT2D eigenvalue weighted by molar-refractivity contribution is 9.10. The number of nitrogens with zero attached hydrogens (tertiary/aromatic N) is 1. The van der Waals surface area contributed by atoms with E-state index in [1.165, 1.54) is 45.2 Å². The second-order valence-electron chi connectivity index (χ2n) is 6.92. The number of thioether (sulfide) groups is 1. The molecule has 3 atom stereocenters. The van der Waals surface area contributed by atoms with Crippen LogP contribution in [0.4, 0.5) is 0 Å². The molecular formula is C19H27BrN2OS. The zero-order valence-electron chi connectivity index (χ0n) is 14.3. The average Bonchev–Trinajstić information content (AvgIpc) is 3.14. The molecule has 132 valence electrons. The normalized spacial score (nSPS) is 28.0. The van der Waals surface area contributed by atoms with Crippen molar-refractivity contribution >= 4 is 33.6 Å². The SMILES string of the molecule is CSC1CCCC(CNC(=O)c2ccc(Br)cc2)C1N1CCCC1. The molecule has 1 saturated carbocycles. The molecule has 0 aromatic heterocycles. The Bertz CT molecular complexity index is 543. The van der Waals surface area contributed by atoms with Crippen LogP contribution in [0.25, 0.3) is 0 Å². The number of carbonyl (C=O) groups is 1. The molecule has 0 bridgehead atoms. The maximum atomic E-state index is 12.4. The number of rotatable bonds is 5. The quantitative estimate of drug-likeness (QED) is 0.789. The highest BCUT2D eigenvalue weighted by Crippen LogP contribution is 2.36. The Balaban J connectivity index is 1.63. The zero-order valence-corrected chi connectivity index (χ0v) is 16.7. The summed E-state index contributed by atoms with van der Waals surface area (Å²) in [5.41, 5.74) is 0.744. The molecule has 3 rings (SSSR count). The molecule has 1 aromatic carbocycles. The van der Waals surface area contributed by atoms with E-state index < -0.39 is 0 Å². The smallest absolute Gasteiger partial charge is 0.251 e. The van der Waals surface area contributed by atoms with Crippen LogP contribution in [0.15, 0.2) is 28.7 Å². The molecule has 2 aliphatic rings. The van der Waals surface area contributed by atoms with Crippen molar-refractivity contribution < 1.29 is 4.79 Å². The van der Waals surface area contributed by atoms with Gasteiger partial charge >= 0.3 is 0 Å². The second kappa shape index (κ2) is 8.72. The van der Waals surface area contributed by atoms with Gasteiger partial charge in [0.25, 0.3) is 5.91 Å². The number of hydrogen-bond donors (Lipinski definition) is 1. The first-order valence-electron chi connectivity index (χ1n) is 8.99. The van der Waals surface area contributed by atoms with Crippen LogP contribution in [0.2, 0.25) is 0 Å². The predicted octanol–water partition coefficient (Wildman–Crippen LogP) is 4.18. The molecule has 3 nitrogen and oxygen atoms in total. The predicted molar refractivity (Wildman–Crippen MR) is 106 cm³/mol. The van der Waals surface area contributed by atoms with E-state index >= 15 is 0 Å². The Hall–Kier alpha value is -0.520. The first kappa shape index (κ1) is 18.3. The molecule has 1 aromatic rings. The van der Waals surface area contributed by atoms with Crippen LogP contribution in [-0.2, 0) is 0 Å². The standard InChI is InChI=1S/C19H27BrN2OS/c1-24-17-6-4-5-15(18(17)22-11-2-3-12-22)13-21-19(23)14-7-9-16(20)10-8-14/h7-10,15,17-18H,2-6,11-13H2,1H3,(H,21,23). The zero-order chi connectivity index (χ0) is 16.9. The van der Waals surface area contributed by atoms with Crippen molar-refractivity contribution in [3.8, 4) is 0 Å². The van der Waals surface area contributed by atoms with E-state index in [-0.39, 0.29) is 5.91 Å². The largest absolute Gasteiger partial charge is 0.352 e. The average molecular weight is 411 g/mol. The van der Waals surface area contributed by atoms with Crippen molar-refractivity contribution in [2.24, 2.45) is 5.92 Å². The molecule has 24 heavy (non-hydrogen) atoms. The van der Waals surface area contributed by atoms with Crippen molar-refractivity contribution in [3.63, 3.8) is 0 Å². The molecule has 1 heterocycles. The fourth-order valence-corrected chi connectivity index (χ4v) is 5.55. The monoisotopic (exact) mass is 410 g/mol. The Kier molecular flexibility index (Phi) is 6.64. The first-order chi connectivity index (χ1) is 11.7. The minimum Gasteiger partial charge on any atom is -0.352 e. The van der Waals surface area contributed by atoms with E-state index in [0.717, 1.165) is 16.6 Å². The van der Waals surface area contributed by atoms with Crippen LogP contribution < -0.4 is 5.32 Å². The number of amides is 1. The number of nitrogens with one attached hydrogen (secondary N) is 1. The maximum Gasteiger partial charge on any atom is 0.251 e. The van der Waals surface area contributed by atoms with E-state index in [0.29, 0.717) is 17.2 Å². The van der Waals surface area contributed by atoms with Crippen molar-refractivity contribution in [1.82, 2.24) is 10.2 Å². The van der Waals surface area contributed by atoms with Gasteiger partial charge in [0.05, 0.1) is 0 Å². The van der Waals surface area contributed by atoms with Gasteiger partial charge in [-0.2, -0.15) is 11.8 Å². The minimum absolute atomic E-state index is 0.0500. The summed E-state index contributed by atoms with van der Waals surface area (Å²) in [5, 5.41) is 3.91. The topological polar surface area (TPSA) is 32.3 Å². The summed E-state index contributed by atoms with van der Waals surface area (Å²) in [6.07, 6.45) is 8.74. The molecule has 5 heteroatoms. The second-order valence-corrected chi connectivity index (χ2v) is 8.91. The summed E-state index contributed by atoms with van der Waals surface area (Å²) in [5.74, 6) is 0.627. The molecule has 2 fully saturated rings. The summed E-state index contributed by atoms with van der Waals surface area (Å²) < 4.78 is 1.00. The molecule has 1 aliphatic carbocycles. The highest BCUT2D eigenvalue weighted by atomic mass is 79.9. The third kappa shape index (κ3) is 4.36. The maximum absolute atomic E-state index is 12.4. The molecule has 3 unspecified atom stereocenters. The highest BCUT2D eigenvalue weighted by Gasteiger charge is 2.37. The molecule has 0 spiro atoms. The van der Waals surface area contributed by atoms with Gasteiger partial charge in [-0.15, -0.1) is 0 Å². The Morgan fingerprint density at radius 2 is 1.92 bits per heavy atom. The Morgan fingerprint density at radius 1 is 1.21 bits per heavy atom. The van der Waals surface area contributed by atoms with Gasteiger partial charge in [-0.05, 0) is 75.2 Å². The Labute approximate surface area is 158 Å². The lowest BCUT2D eigenvalue weighted by Crippen LogP contribution is -2.51. The van der Waals surface area contributed by atoms with Crippen LogP contribution in [0.1, 0.15) is 42.5 Å². The van der Waals surface area contributed by atoms with Gasteiger partial charge in [0.15, 0.2) is 0 Å². The van der Waals surface area contributed by atoms with Crippen molar-refractivity contribution in [2.45, 2.75) is 43.4 Å². The fraction of sp³-hybridized carbons (Fsp3) is 0.632. The third-order valence-electron chi connectivity index (χ3n) is 5.42. The number of benzene rings is 1. The van der Waals surface area contributed by atoms with Gasteiger partial charge in [0, 0.05) is 27.9 Å². The van der Waals surface area contributed by atoms with Crippen LogP contribution in [0, 0.1) is 5.92 Å². The van der Waals surface area contributed by atoms with Gasteiger partial charge in [-0.3, -0.25) is 9.69 Å². The van der Waals surface area contributed by atoms with Crippen molar-refractivity contribution in [3.05, 3.63) is 34.3 Å². The van der Waals surface area contributed by atoms with Gasteiger partial charge in [0.1, 0.15) is 0 Å². The lowest BCUT2D eigenvalue weighted by molar-refractivity contribution is 0.0909. The minimum atomic E-state index is 0.0500. The van der Waals surface area contributed by atoms with Gasteiger partial charge in [-0.1, -0.05) is 22.4 Å². The summed E-state index contributed by atoms with van der Waals surface area (Å²) in [6.45, 7) is 3.27. The van der Waals surface area contributed by atoms with Crippen LogP contribution in [-0.4, -0.2) is 48.0 Å². The third-order valence-corrected chi connectivity index (χ3v) is 7.07. The van der Waals surface area contributed by atoms with Crippen molar-refractivity contribution in [2.75, 3.05) is 25.9 Å². The van der Waals surface area contributed by atoms with Gasteiger partial charge in [0.2, 0.25) is 0 Å². The van der Waals surface area contributed by atoms with Crippen molar-refractivity contribution in [1.29, 1.82) is 0 Å². The molecule has 1 saturated heterocycles. The van der Waals surface area contributed by atoms with E-state index in [1.54, 1.807) is 0 Å². The number of carbonyl (C=O) groups excluding carboxylic acids is 1. The van der Waals surface area contributed by atoms with Crippen LogP contribution in [0.3, 0.4) is 0 Å². The fourth-order valence-electron chi connectivity index (χ4n) is 4.21. The summed E-state index contributed by atoms with van der Waals surface area (Å²) in [6, 6.07) is 8.23. The summed E-state index contributed by atoms with van der Waals surface area (Å²) in [4.78, 5) is 15.1. The van der Waals surface area contributed by atoms with Gasteiger partial charge in [-0.25, -0.2) is 0 Å². The lowest BCUT2D eigenvalue weighted by Gasteiger charge is -2.43. The first-order valence-corrected chi connectivity index (χ1v) is 11.1. The number of hydrogen-bond acceptors (Lipinski definition) is 3. The molecular weight excluding hydrogens is 384 g/mol. The van der Waals surface area contributed by atoms with E-state index in [1.807, 2.05) is 36.0 Å². The molecule has 1 aliphatic heterocycles. The molecule has 1 N–H and O–H groups in total. The molecule has 0 radical (unpaired) electrons. The van der Waals surface area contributed by atoms with Crippen LogP contribution in [0.5, 0.6) is 0 Å². The number of likely N-dealkylation sites (tertiary alicyclic amines) is 1. The summed E-state index contributed by atoms with van der Waals surface area (Å²) >= 11 is 5.43. The van der Waals surface area contributed by atoms with Gasteiger partial charge < -0.3 is 5.32 Å². The Morgan fingerprint density at radius 3 is 2.58 bits per heavy atom. The number of halogens is 1. The van der Waals surface area contributed by atoms with Crippen LogP contribution >= 0.6 is 27.7 Å². The molecule has 1 amide bonds. The van der Waals surface area contributed by atoms with E-state index in [9.17, 15) is 4.79 Å². The van der Waals surface area contributed by atoms with E-state index in [2.05, 4.69) is 32.4 Å². The summed E-state index contributed by atoms with van der Waals surface area (Å²) in [7, 11) is 0. The lowest BCUT2D eigenvalue weighted by atomic mass is 9.83.